The van der Waals surface area contributed by atoms with E-state index < -0.39 is 38.6 Å². The Balaban J connectivity index is 1.52. The highest BCUT2D eigenvalue weighted by molar-refractivity contribution is 7.91. The minimum absolute atomic E-state index is 0.184. The van der Waals surface area contributed by atoms with Crippen molar-refractivity contribution in [3.05, 3.63) is 29.8 Å². The van der Waals surface area contributed by atoms with Gasteiger partial charge >= 0.3 is 12.1 Å². The quantitative estimate of drug-likeness (QED) is 0.660. The van der Waals surface area contributed by atoms with Crippen molar-refractivity contribution < 1.29 is 32.2 Å². The Labute approximate surface area is 183 Å². The molecule has 4 rings (SSSR count). The van der Waals surface area contributed by atoms with Crippen molar-refractivity contribution in [2.75, 3.05) is 19.0 Å². The minimum atomic E-state index is -3.54. The molecular weight excluding hydrogens is 422 g/mol. The number of aryl methyl sites for hydroxylation is 1. The molecule has 0 unspecified atom stereocenters. The molecule has 1 saturated carbocycles. The minimum Gasteiger partial charge on any atom is -0.462 e. The van der Waals surface area contributed by atoms with E-state index in [9.17, 15) is 18.0 Å². The summed E-state index contributed by atoms with van der Waals surface area (Å²) in [6.07, 6.45) is 1.40. The molecule has 8 nitrogen and oxygen atoms in total. The molecule has 3 aliphatic rings. The number of fused-ring (bicyclic) bond motifs is 3. The van der Waals surface area contributed by atoms with Gasteiger partial charge in [0.1, 0.15) is 12.2 Å². The van der Waals surface area contributed by atoms with Gasteiger partial charge in [0.15, 0.2) is 15.4 Å². The SMILES string of the molecule is Cc1ccc(S(=O)(=O)CCOC(=O)C23CCC(NC(=O)OC(C)(C)C)(CC2)CO3)cc1. The van der Waals surface area contributed by atoms with E-state index in [0.717, 1.165) is 5.56 Å². The first-order valence-corrected chi connectivity index (χ1v) is 12.1. The largest absolute Gasteiger partial charge is 0.462 e. The number of benzene rings is 1. The third kappa shape index (κ3) is 5.57. The lowest BCUT2D eigenvalue weighted by Crippen LogP contribution is -2.65. The van der Waals surface area contributed by atoms with Gasteiger partial charge in [-0.05, 0) is 65.5 Å². The van der Waals surface area contributed by atoms with Crippen molar-refractivity contribution in [3.8, 4) is 0 Å². The van der Waals surface area contributed by atoms with E-state index in [-0.39, 0.29) is 23.9 Å². The Kier molecular flexibility index (Phi) is 6.40. The maximum absolute atomic E-state index is 12.7. The number of sulfone groups is 1. The van der Waals surface area contributed by atoms with Crippen LogP contribution in [0.4, 0.5) is 4.79 Å². The second-order valence-corrected chi connectivity index (χ2v) is 11.6. The number of nitrogens with one attached hydrogen (secondary N) is 1. The van der Waals surface area contributed by atoms with E-state index in [2.05, 4.69) is 5.32 Å². The van der Waals surface area contributed by atoms with Crippen LogP contribution in [-0.4, -0.2) is 56.2 Å². The fourth-order valence-corrected chi connectivity index (χ4v) is 4.97. The van der Waals surface area contributed by atoms with Crippen LogP contribution in [0.5, 0.6) is 0 Å². The predicted molar refractivity (Wildman–Crippen MR) is 113 cm³/mol. The van der Waals surface area contributed by atoms with E-state index >= 15 is 0 Å². The molecule has 2 aliphatic heterocycles. The number of rotatable bonds is 6. The first kappa shape index (κ1) is 23.5. The van der Waals surface area contributed by atoms with Gasteiger partial charge in [-0.3, -0.25) is 0 Å². The maximum atomic E-state index is 12.7. The van der Waals surface area contributed by atoms with E-state index in [1.807, 2.05) is 6.92 Å². The van der Waals surface area contributed by atoms with Gasteiger partial charge < -0.3 is 19.5 Å². The van der Waals surface area contributed by atoms with Crippen LogP contribution in [0.15, 0.2) is 29.2 Å². The Bertz CT molecular complexity index is 907. The molecule has 1 amide bonds. The standard InChI is InChI=1S/C22H31NO7S/c1-16-5-7-17(8-6-16)31(26,27)14-13-28-18(24)22-11-9-21(10-12-22,15-29-22)23-19(25)30-20(2,3)4/h5-8H,9-15H2,1-4H3,(H,23,25). The molecule has 0 spiro atoms. The summed E-state index contributed by atoms with van der Waals surface area (Å²) in [5.74, 6) is -0.834. The molecule has 1 aliphatic carbocycles. The number of hydrogen-bond donors (Lipinski definition) is 1. The second kappa shape index (κ2) is 8.43. The number of carbonyl (C=O) groups is 2. The molecule has 1 aromatic carbocycles. The molecule has 3 fully saturated rings. The summed E-state index contributed by atoms with van der Waals surface area (Å²) in [5, 5.41) is 2.90. The second-order valence-electron chi connectivity index (χ2n) is 9.46. The highest BCUT2D eigenvalue weighted by Crippen LogP contribution is 2.44. The molecule has 0 atom stereocenters. The van der Waals surface area contributed by atoms with Crippen LogP contribution in [0.25, 0.3) is 0 Å². The molecule has 31 heavy (non-hydrogen) atoms. The lowest BCUT2D eigenvalue weighted by molar-refractivity contribution is -0.201. The van der Waals surface area contributed by atoms with Crippen LogP contribution >= 0.6 is 0 Å². The van der Waals surface area contributed by atoms with E-state index in [4.69, 9.17) is 14.2 Å². The van der Waals surface area contributed by atoms with Crippen molar-refractivity contribution in [3.63, 3.8) is 0 Å². The third-order valence-corrected chi connectivity index (χ3v) is 7.44. The third-order valence-electron chi connectivity index (χ3n) is 5.74. The molecule has 172 valence electrons. The van der Waals surface area contributed by atoms with Gasteiger partial charge in [0.2, 0.25) is 0 Å². The first-order valence-electron chi connectivity index (χ1n) is 10.5. The Morgan fingerprint density at radius 2 is 1.71 bits per heavy atom. The van der Waals surface area contributed by atoms with Gasteiger partial charge in [-0.25, -0.2) is 18.0 Å². The first-order chi connectivity index (χ1) is 14.3. The molecule has 1 aromatic rings. The Morgan fingerprint density at radius 3 is 2.23 bits per heavy atom. The van der Waals surface area contributed by atoms with E-state index in [1.165, 1.54) is 0 Å². The predicted octanol–water partition coefficient (Wildman–Crippen LogP) is 2.92. The molecule has 2 bridgehead atoms. The number of carbonyl (C=O) groups excluding carboxylic acids is 2. The average Bonchev–Trinajstić information content (AvgIpc) is 2.67. The summed E-state index contributed by atoms with van der Waals surface area (Å²) in [7, 11) is -3.54. The topological polar surface area (TPSA) is 108 Å². The van der Waals surface area contributed by atoms with Crippen LogP contribution in [0.1, 0.15) is 52.0 Å². The highest BCUT2D eigenvalue weighted by Gasteiger charge is 2.55. The summed E-state index contributed by atoms with van der Waals surface area (Å²) in [6, 6.07) is 6.56. The van der Waals surface area contributed by atoms with Crippen LogP contribution in [0.3, 0.4) is 0 Å². The van der Waals surface area contributed by atoms with Gasteiger partial charge in [0, 0.05) is 0 Å². The van der Waals surface area contributed by atoms with Crippen LogP contribution in [0, 0.1) is 6.92 Å². The normalized spacial score (nSPS) is 25.7. The van der Waals surface area contributed by atoms with Gasteiger partial charge in [-0.1, -0.05) is 17.7 Å². The highest BCUT2D eigenvalue weighted by atomic mass is 32.2. The van der Waals surface area contributed by atoms with E-state index in [0.29, 0.717) is 25.7 Å². The summed E-state index contributed by atoms with van der Waals surface area (Å²) in [4.78, 5) is 25.1. The number of esters is 1. The lowest BCUT2D eigenvalue weighted by atomic mass is 9.71. The summed E-state index contributed by atoms with van der Waals surface area (Å²) < 4.78 is 41.3. The summed E-state index contributed by atoms with van der Waals surface area (Å²) in [5.41, 5.74) is -1.27. The van der Waals surface area contributed by atoms with Crippen LogP contribution in [0.2, 0.25) is 0 Å². The zero-order valence-corrected chi connectivity index (χ0v) is 19.3. The fraction of sp³-hybridized carbons (Fsp3) is 0.636. The van der Waals surface area contributed by atoms with Gasteiger partial charge in [-0.15, -0.1) is 0 Å². The van der Waals surface area contributed by atoms with Gasteiger partial charge in [-0.2, -0.15) is 0 Å². The molecule has 0 aromatic heterocycles. The monoisotopic (exact) mass is 453 g/mol. The Hall–Kier alpha value is -2.13. The molecule has 9 heteroatoms. The number of ether oxygens (including phenoxy) is 3. The maximum Gasteiger partial charge on any atom is 0.408 e. The number of alkyl carbamates (subject to hydrolysis) is 1. The number of hydrogen-bond acceptors (Lipinski definition) is 7. The summed E-state index contributed by atoms with van der Waals surface area (Å²) >= 11 is 0. The van der Waals surface area contributed by atoms with Gasteiger partial charge in [0.25, 0.3) is 0 Å². The Morgan fingerprint density at radius 1 is 1.10 bits per heavy atom. The zero-order valence-electron chi connectivity index (χ0n) is 18.5. The van der Waals surface area contributed by atoms with Crippen molar-refractivity contribution in [1.82, 2.24) is 5.32 Å². The smallest absolute Gasteiger partial charge is 0.408 e. The van der Waals surface area contributed by atoms with Crippen molar-refractivity contribution in [1.29, 1.82) is 0 Å². The fourth-order valence-electron chi connectivity index (χ4n) is 3.88. The molecule has 2 saturated heterocycles. The molecule has 0 radical (unpaired) electrons. The van der Waals surface area contributed by atoms with Crippen LogP contribution in [-0.2, 0) is 28.8 Å². The van der Waals surface area contributed by atoms with E-state index in [1.54, 1.807) is 45.0 Å². The zero-order chi connectivity index (χ0) is 22.9. The van der Waals surface area contributed by atoms with Crippen molar-refractivity contribution >= 4 is 21.9 Å². The summed E-state index contributed by atoms with van der Waals surface area (Å²) in [6.45, 7) is 7.21. The molecular formula is C22H31NO7S. The average molecular weight is 454 g/mol. The lowest BCUT2D eigenvalue weighted by Gasteiger charge is -2.51. The van der Waals surface area contributed by atoms with Crippen molar-refractivity contribution in [2.24, 2.45) is 0 Å². The van der Waals surface area contributed by atoms with Crippen LogP contribution < -0.4 is 5.32 Å². The molecule has 2 heterocycles. The molecule has 1 N–H and O–H groups in total. The van der Waals surface area contributed by atoms with Crippen molar-refractivity contribution in [2.45, 2.75) is 75.0 Å². The van der Waals surface area contributed by atoms with Gasteiger partial charge in [0.05, 0.1) is 22.8 Å². The number of amides is 1.